The topological polar surface area (TPSA) is 80.2 Å². The highest BCUT2D eigenvalue weighted by Gasteiger charge is 2.17. The van der Waals surface area contributed by atoms with Crippen LogP contribution in [0.2, 0.25) is 0 Å². The Morgan fingerprint density at radius 1 is 1.12 bits per heavy atom. The number of ketones is 1. The zero-order chi connectivity index (χ0) is 24.3. The number of allylic oxidation sites excluding steroid dienone is 1. The lowest BCUT2D eigenvalue weighted by molar-refractivity contribution is 0.0953. The lowest BCUT2D eigenvalue weighted by Crippen LogP contribution is -2.32. The van der Waals surface area contributed by atoms with Crippen LogP contribution >= 0.6 is 0 Å². The van der Waals surface area contributed by atoms with Gasteiger partial charge in [0.15, 0.2) is 5.78 Å². The number of carbonyl (C=O) groups is 2. The number of aromatic nitrogens is 1. The molecule has 2 aromatic carbocycles. The van der Waals surface area contributed by atoms with Gasteiger partial charge in [-0.05, 0) is 74.4 Å². The average Bonchev–Trinajstić information content (AvgIpc) is 2.77. The zero-order valence-corrected chi connectivity index (χ0v) is 19.1. The van der Waals surface area contributed by atoms with Crippen LogP contribution in [0.25, 0.3) is 11.1 Å². The number of pyridine rings is 1. The minimum atomic E-state index is -0.474. The van der Waals surface area contributed by atoms with Crippen molar-refractivity contribution in [2.75, 3.05) is 11.9 Å². The van der Waals surface area contributed by atoms with Crippen LogP contribution in [-0.2, 0) is 7.05 Å². The smallest absolute Gasteiger partial charge is 0.263 e. The first kappa shape index (κ1) is 23.7. The van der Waals surface area contributed by atoms with Gasteiger partial charge in [-0.25, -0.2) is 4.39 Å². The predicted octanol–water partition coefficient (Wildman–Crippen LogP) is 4.67. The summed E-state index contributed by atoms with van der Waals surface area (Å²) >= 11 is 0. The molecule has 33 heavy (non-hydrogen) atoms. The van der Waals surface area contributed by atoms with Gasteiger partial charge < -0.3 is 15.2 Å². The molecule has 0 saturated carbocycles. The van der Waals surface area contributed by atoms with Gasteiger partial charge >= 0.3 is 0 Å². The first-order chi connectivity index (χ1) is 15.7. The first-order valence-corrected chi connectivity index (χ1v) is 10.5. The number of amides is 1. The summed E-state index contributed by atoms with van der Waals surface area (Å²) in [6.07, 6.45) is 2.83. The summed E-state index contributed by atoms with van der Waals surface area (Å²) in [4.78, 5) is 37.3. The SMILES string of the molecule is C=CC(=O)c1ccc(Nc2c(C)cc(F)cc2C)c(-c2cc(C(=O)NCC)c(=O)n(C)c2)c1. The van der Waals surface area contributed by atoms with Crippen molar-refractivity contribution >= 4 is 23.1 Å². The molecule has 0 saturated heterocycles. The fraction of sp³-hybridized carbons (Fsp3) is 0.192. The summed E-state index contributed by atoms with van der Waals surface area (Å²) < 4.78 is 15.1. The van der Waals surface area contributed by atoms with Gasteiger partial charge in [-0.1, -0.05) is 6.58 Å². The van der Waals surface area contributed by atoms with Crippen molar-refractivity contribution in [3.8, 4) is 11.1 Å². The van der Waals surface area contributed by atoms with E-state index in [9.17, 15) is 18.8 Å². The number of hydrogen-bond donors (Lipinski definition) is 2. The molecule has 0 bridgehead atoms. The van der Waals surface area contributed by atoms with Gasteiger partial charge in [0.05, 0.1) is 0 Å². The molecule has 0 atom stereocenters. The van der Waals surface area contributed by atoms with Crippen molar-refractivity contribution in [3.63, 3.8) is 0 Å². The normalized spacial score (nSPS) is 10.6. The quantitative estimate of drug-likeness (QED) is 0.407. The monoisotopic (exact) mass is 447 g/mol. The predicted molar refractivity (Wildman–Crippen MR) is 129 cm³/mol. The van der Waals surface area contributed by atoms with Crippen LogP contribution in [0, 0.1) is 19.7 Å². The van der Waals surface area contributed by atoms with E-state index in [4.69, 9.17) is 0 Å². The summed E-state index contributed by atoms with van der Waals surface area (Å²) in [7, 11) is 1.56. The molecule has 0 spiro atoms. The van der Waals surface area contributed by atoms with E-state index in [1.165, 1.54) is 28.8 Å². The van der Waals surface area contributed by atoms with Crippen LogP contribution in [-0.4, -0.2) is 22.8 Å². The summed E-state index contributed by atoms with van der Waals surface area (Å²) in [6, 6.07) is 9.47. The van der Waals surface area contributed by atoms with Crippen molar-refractivity contribution in [1.29, 1.82) is 0 Å². The van der Waals surface area contributed by atoms with Gasteiger partial charge in [0.25, 0.3) is 11.5 Å². The third kappa shape index (κ3) is 4.92. The summed E-state index contributed by atoms with van der Waals surface area (Å²) in [6.45, 7) is 9.29. The Labute approximate surface area is 191 Å². The molecule has 2 N–H and O–H groups in total. The Hall–Kier alpha value is -4.00. The highest BCUT2D eigenvalue weighted by atomic mass is 19.1. The van der Waals surface area contributed by atoms with E-state index in [2.05, 4.69) is 17.2 Å². The summed E-state index contributed by atoms with van der Waals surface area (Å²) in [5, 5.41) is 5.99. The van der Waals surface area contributed by atoms with E-state index >= 15 is 0 Å². The molecule has 0 unspecified atom stereocenters. The van der Waals surface area contributed by atoms with Crippen molar-refractivity contribution in [2.45, 2.75) is 20.8 Å². The van der Waals surface area contributed by atoms with Crippen LogP contribution in [0.4, 0.5) is 15.8 Å². The maximum absolute atomic E-state index is 13.8. The molecule has 170 valence electrons. The van der Waals surface area contributed by atoms with Gasteiger partial charge in [-0.3, -0.25) is 14.4 Å². The third-order valence-corrected chi connectivity index (χ3v) is 5.32. The Kier molecular flexibility index (Phi) is 6.92. The number of benzene rings is 2. The van der Waals surface area contributed by atoms with Crippen molar-refractivity contribution in [2.24, 2.45) is 7.05 Å². The van der Waals surface area contributed by atoms with Crippen molar-refractivity contribution in [3.05, 3.63) is 93.7 Å². The maximum Gasteiger partial charge on any atom is 0.263 e. The second-order valence-electron chi connectivity index (χ2n) is 7.79. The molecule has 0 aliphatic rings. The number of aryl methyl sites for hydroxylation is 3. The van der Waals surface area contributed by atoms with Crippen LogP contribution < -0.4 is 16.2 Å². The molecule has 3 rings (SSSR count). The number of anilines is 2. The second-order valence-corrected chi connectivity index (χ2v) is 7.79. The molecule has 0 aliphatic heterocycles. The lowest BCUT2D eigenvalue weighted by Gasteiger charge is -2.18. The van der Waals surface area contributed by atoms with E-state index in [0.717, 1.165) is 5.69 Å². The fourth-order valence-electron chi connectivity index (χ4n) is 3.68. The third-order valence-electron chi connectivity index (χ3n) is 5.32. The Morgan fingerprint density at radius 2 is 1.79 bits per heavy atom. The maximum atomic E-state index is 13.8. The molecule has 1 amide bonds. The molecule has 1 aromatic heterocycles. The number of nitrogens with zero attached hydrogens (tertiary/aromatic N) is 1. The molecule has 0 aliphatic carbocycles. The van der Waals surface area contributed by atoms with Crippen molar-refractivity contribution < 1.29 is 14.0 Å². The van der Waals surface area contributed by atoms with E-state index in [0.29, 0.717) is 40.0 Å². The van der Waals surface area contributed by atoms with Gasteiger partial charge in [-0.15, -0.1) is 0 Å². The Morgan fingerprint density at radius 3 is 2.39 bits per heavy atom. The fourth-order valence-corrected chi connectivity index (χ4v) is 3.68. The molecule has 6 nitrogen and oxygen atoms in total. The van der Waals surface area contributed by atoms with Gasteiger partial charge in [-0.2, -0.15) is 0 Å². The highest BCUT2D eigenvalue weighted by Crippen LogP contribution is 2.34. The summed E-state index contributed by atoms with van der Waals surface area (Å²) in [5.74, 6) is -1.06. The van der Waals surface area contributed by atoms with Crippen LogP contribution in [0.3, 0.4) is 0 Å². The minimum absolute atomic E-state index is 0.00241. The summed E-state index contributed by atoms with van der Waals surface area (Å²) in [5.41, 5.74) is 3.94. The van der Waals surface area contributed by atoms with Gasteiger partial charge in [0.1, 0.15) is 11.4 Å². The van der Waals surface area contributed by atoms with Crippen LogP contribution in [0.5, 0.6) is 0 Å². The van der Waals surface area contributed by atoms with Gasteiger partial charge in [0, 0.05) is 47.9 Å². The van der Waals surface area contributed by atoms with Crippen molar-refractivity contribution in [1.82, 2.24) is 9.88 Å². The largest absolute Gasteiger partial charge is 0.355 e. The molecule has 3 aromatic rings. The molecule has 0 fully saturated rings. The van der Waals surface area contributed by atoms with Gasteiger partial charge in [0.2, 0.25) is 0 Å². The number of carbonyl (C=O) groups excluding carboxylic acids is 2. The standard InChI is InChI=1S/C26H26FN3O3/c1-6-23(31)17-8-9-22(29-24-15(3)10-19(27)11-16(24)4)20(12-17)18-13-21(25(32)28-7-2)26(33)30(5)14-18/h6,8-14,29H,1,7H2,2-5H3,(H,28,32). The van der Waals surface area contributed by atoms with E-state index in [1.54, 1.807) is 52.2 Å². The lowest BCUT2D eigenvalue weighted by atomic mass is 9.98. The molecule has 7 heteroatoms. The number of hydrogen-bond acceptors (Lipinski definition) is 4. The average molecular weight is 448 g/mol. The minimum Gasteiger partial charge on any atom is -0.355 e. The molecule has 0 radical (unpaired) electrons. The molecular weight excluding hydrogens is 421 g/mol. The van der Waals surface area contributed by atoms with E-state index < -0.39 is 11.5 Å². The highest BCUT2D eigenvalue weighted by molar-refractivity contribution is 6.06. The number of halogens is 1. The number of rotatable bonds is 7. The molecular formula is C26H26FN3O3. The van der Waals surface area contributed by atoms with E-state index in [1.807, 2.05) is 0 Å². The first-order valence-electron chi connectivity index (χ1n) is 10.5. The molecule has 1 heterocycles. The second kappa shape index (κ2) is 9.65. The Bertz CT molecular complexity index is 1300. The Balaban J connectivity index is 2.24. The zero-order valence-electron chi connectivity index (χ0n) is 19.1. The van der Waals surface area contributed by atoms with Crippen LogP contribution in [0.1, 0.15) is 38.8 Å². The number of nitrogens with one attached hydrogen (secondary N) is 2. The van der Waals surface area contributed by atoms with Crippen LogP contribution in [0.15, 0.2) is 60.0 Å². The van der Waals surface area contributed by atoms with E-state index in [-0.39, 0.29) is 17.2 Å².